The first-order valence-electron chi connectivity index (χ1n) is 9.36. The molecular weight excluding hydrogens is 435 g/mol. The number of nitrogens with one attached hydrogen (secondary N) is 1. The molecule has 1 N–H and O–H groups in total. The van der Waals surface area contributed by atoms with Gasteiger partial charge in [-0.25, -0.2) is 4.98 Å². The van der Waals surface area contributed by atoms with Gasteiger partial charge < -0.3 is 19.5 Å². The number of aryl methyl sites for hydroxylation is 2. The van der Waals surface area contributed by atoms with Crippen molar-refractivity contribution in [3.05, 3.63) is 28.5 Å². The molecule has 4 heterocycles. The second kappa shape index (κ2) is 9.93. The van der Waals surface area contributed by atoms with E-state index in [1.165, 1.54) is 11.3 Å². The molecule has 0 aliphatic carbocycles. The van der Waals surface area contributed by atoms with E-state index in [0.29, 0.717) is 30.3 Å². The summed E-state index contributed by atoms with van der Waals surface area (Å²) in [5, 5.41) is 3.83. The second-order valence-corrected chi connectivity index (χ2v) is 8.15. The molecule has 0 spiro atoms. The lowest BCUT2D eigenvalue weighted by Crippen LogP contribution is -2.57. The molecule has 0 saturated carbocycles. The summed E-state index contributed by atoms with van der Waals surface area (Å²) in [5.74, 6) is 1.66. The normalized spacial score (nSPS) is 19.5. The number of aromatic nitrogens is 1. The van der Waals surface area contributed by atoms with Gasteiger partial charge in [-0.05, 0) is 38.8 Å². The van der Waals surface area contributed by atoms with Crippen LogP contribution < -0.4 is 5.32 Å². The molecule has 10 heteroatoms. The lowest BCUT2D eigenvalue weighted by molar-refractivity contribution is -0.135. The Bertz CT molecular complexity index is 870. The van der Waals surface area contributed by atoms with Gasteiger partial charge in [0.05, 0.1) is 12.2 Å². The van der Waals surface area contributed by atoms with Crippen LogP contribution in [0, 0.1) is 13.8 Å². The molecule has 2 aliphatic rings. The van der Waals surface area contributed by atoms with Gasteiger partial charge in [-0.3, -0.25) is 9.59 Å². The molecule has 2 fully saturated rings. The van der Waals surface area contributed by atoms with E-state index in [1.54, 1.807) is 0 Å². The van der Waals surface area contributed by atoms with Gasteiger partial charge in [0.1, 0.15) is 10.6 Å². The summed E-state index contributed by atoms with van der Waals surface area (Å²) in [6.07, 6.45) is 1.86. The first-order chi connectivity index (χ1) is 13.0. The number of hydrogen-bond donors (Lipinski definition) is 1. The predicted molar refractivity (Wildman–Crippen MR) is 117 cm³/mol. The number of carbonyl (C=O) groups excluding carboxylic acids is 2. The average molecular weight is 461 g/mol. The van der Waals surface area contributed by atoms with Gasteiger partial charge in [0, 0.05) is 32.2 Å². The molecule has 7 nitrogen and oxygen atoms in total. The molecule has 4 rings (SSSR count). The molecule has 0 bridgehead atoms. The fraction of sp³-hybridized carbons (Fsp3) is 0.526. The molecule has 1 atom stereocenters. The van der Waals surface area contributed by atoms with Gasteiger partial charge in [-0.2, -0.15) is 0 Å². The highest BCUT2D eigenvalue weighted by molar-refractivity contribution is 7.17. The number of nitrogens with zero attached hydrogens (tertiary/aromatic N) is 3. The van der Waals surface area contributed by atoms with Crippen LogP contribution in [0.1, 0.15) is 34.0 Å². The number of carbonyl (C=O) groups is 2. The Morgan fingerprint density at radius 2 is 2.07 bits per heavy atom. The monoisotopic (exact) mass is 460 g/mol. The van der Waals surface area contributed by atoms with Gasteiger partial charge in [0.2, 0.25) is 5.91 Å². The molecule has 29 heavy (non-hydrogen) atoms. The lowest BCUT2D eigenvalue weighted by Gasteiger charge is -2.41. The van der Waals surface area contributed by atoms with Crippen molar-refractivity contribution in [3.63, 3.8) is 0 Å². The van der Waals surface area contributed by atoms with Crippen molar-refractivity contribution in [1.82, 2.24) is 20.1 Å². The minimum Gasteiger partial charge on any atom is -0.459 e. The Labute approximate surface area is 186 Å². The first-order valence-corrected chi connectivity index (χ1v) is 10.2. The van der Waals surface area contributed by atoms with Gasteiger partial charge in [-0.1, -0.05) is 0 Å². The summed E-state index contributed by atoms with van der Waals surface area (Å²) in [6, 6.07) is 3.89. The van der Waals surface area contributed by atoms with E-state index >= 15 is 0 Å². The topological polar surface area (TPSA) is 78.7 Å². The predicted octanol–water partition coefficient (Wildman–Crippen LogP) is 2.90. The fourth-order valence-electron chi connectivity index (χ4n) is 3.79. The van der Waals surface area contributed by atoms with Crippen molar-refractivity contribution in [1.29, 1.82) is 0 Å². The van der Waals surface area contributed by atoms with E-state index in [-0.39, 0.29) is 42.7 Å². The van der Waals surface area contributed by atoms with E-state index in [2.05, 4.69) is 10.3 Å². The molecule has 160 valence electrons. The molecule has 1 unspecified atom stereocenters. The molecule has 2 aromatic rings. The molecule has 0 radical (unpaired) electrons. The summed E-state index contributed by atoms with van der Waals surface area (Å²) in [6.45, 7) is 7.00. The SMILES string of the molecule is Cc1ccc(-c2nc(C)c(C(=O)N3CCCC(N4CCNCC4=O)C3)s2)o1.Cl.Cl. The lowest BCUT2D eigenvalue weighted by atomic mass is 10.0. The van der Waals surface area contributed by atoms with Crippen LogP contribution in [0.25, 0.3) is 10.8 Å². The zero-order valence-corrected chi connectivity index (χ0v) is 18.9. The summed E-state index contributed by atoms with van der Waals surface area (Å²) >= 11 is 1.38. The molecular formula is C19H26Cl2N4O3S. The number of furan rings is 1. The van der Waals surface area contributed by atoms with Crippen molar-refractivity contribution >= 4 is 48.0 Å². The van der Waals surface area contributed by atoms with E-state index in [4.69, 9.17) is 4.42 Å². The van der Waals surface area contributed by atoms with Crippen LogP contribution in [0.15, 0.2) is 16.5 Å². The van der Waals surface area contributed by atoms with Crippen LogP contribution in [0.3, 0.4) is 0 Å². The second-order valence-electron chi connectivity index (χ2n) is 7.15. The van der Waals surface area contributed by atoms with Crippen molar-refractivity contribution in [3.8, 4) is 10.8 Å². The molecule has 2 amide bonds. The zero-order chi connectivity index (χ0) is 19.0. The van der Waals surface area contributed by atoms with Gasteiger partial charge in [0.25, 0.3) is 5.91 Å². The van der Waals surface area contributed by atoms with Crippen LogP contribution >= 0.6 is 36.2 Å². The highest BCUT2D eigenvalue weighted by atomic mass is 35.5. The maximum absolute atomic E-state index is 13.1. The van der Waals surface area contributed by atoms with Crippen molar-refractivity contribution in [2.75, 3.05) is 32.7 Å². The maximum Gasteiger partial charge on any atom is 0.265 e. The quantitative estimate of drug-likeness (QED) is 0.761. The Kier molecular flexibility index (Phi) is 8.10. The number of amides is 2. The Hall–Kier alpha value is -1.61. The molecule has 0 aromatic carbocycles. The number of rotatable bonds is 3. The van der Waals surface area contributed by atoms with Crippen molar-refractivity contribution in [2.45, 2.75) is 32.7 Å². The first kappa shape index (κ1) is 23.7. The van der Waals surface area contributed by atoms with Crippen LogP contribution in [-0.4, -0.2) is 65.4 Å². The Morgan fingerprint density at radius 1 is 1.28 bits per heavy atom. The van der Waals surface area contributed by atoms with Crippen molar-refractivity contribution < 1.29 is 14.0 Å². The van der Waals surface area contributed by atoms with Gasteiger partial charge >= 0.3 is 0 Å². The van der Waals surface area contributed by atoms with Crippen LogP contribution in [0.4, 0.5) is 0 Å². The van der Waals surface area contributed by atoms with Crippen molar-refractivity contribution in [2.24, 2.45) is 0 Å². The largest absolute Gasteiger partial charge is 0.459 e. The third-order valence-corrected chi connectivity index (χ3v) is 6.35. The summed E-state index contributed by atoms with van der Waals surface area (Å²) in [7, 11) is 0. The fourth-order valence-corrected chi connectivity index (χ4v) is 4.79. The minimum atomic E-state index is 0. The number of hydrogen-bond acceptors (Lipinski definition) is 6. The van der Waals surface area contributed by atoms with E-state index < -0.39 is 0 Å². The number of piperidine rings is 1. The highest BCUT2D eigenvalue weighted by Crippen LogP contribution is 2.31. The van der Waals surface area contributed by atoms with Gasteiger partial charge in [0.15, 0.2) is 10.8 Å². The smallest absolute Gasteiger partial charge is 0.265 e. The Morgan fingerprint density at radius 3 is 2.76 bits per heavy atom. The summed E-state index contributed by atoms with van der Waals surface area (Å²) in [5.41, 5.74) is 0.731. The van der Waals surface area contributed by atoms with E-state index in [0.717, 1.165) is 42.4 Å². The van der Waals surface area contributed by atoms with Crippen LogP contribution in [0.5, 0.6) is 0 Å². The molecule has 2 aromatic heterocycles. The van der Waals surface area contributed by atoms with Gasteiger partial charge in [-0.15, -0.1) is 36.2 Å². The number of halogens is 2. The van der Waals surface area contributed by atoms with E-state index in [1.807, 2.05) is 35.8 Å². The third kappa shape index (κ3) is 4.94. The summed E-state index contributed by atoms with van der Waals surface area (Å²) < 4.78 is 5.64. The molecule has 2 aliphatic heterocycles. The third-order valence-electron chi connectivity index (χ3n) is 5.19. The van der Waals surface area contributed by atoms with Crippen LogP contribution in [-0.2, 0) is 4.79 Å². The summed E-state index contributed by atoms with van der Waals surface area (Å²) in [4.78, 5) is 34.3. The van der Waals surface area contributed by atoms with Crippen LogP contribution in [0.2, 0.25) is 0 Å². The number of likely N-dealkylation sites (tertiary alicyclic amines) is 1. The standard InChI is InChI=1S/C19H24N4O3S.2ClH/c1-12-5-6-15(26-12)18-21-13(2)17(27-18)19(25)22-8-3-4-14(11-22)23-9-7-20-10-16(23)24;;/h5-6,14,20H,3-4,7-11H2,1-2H3;2*1H. The maximum atomic E-state index is 13.1. The minimum absolute atomic E-state index is 0. The number of piperazine rings is 1. The average Bonchev–Trinajstić information content (AvgIpc) is 3.27. The Balaban J connectivity index is 0.00000150. The number of thiazole rings is 1. The zero-order valence-electron chi connectivity index (χ0n) is 16.5. The van der Waals surface area contributed by atoms with E-state index in [9.17, 15) is 9.59 Å². The highest BCUT2D eigenvalue weighted by Gasteiger charge is 2.33. The molecule has 2 saturated heterocycles.